The number of rotatable bonds is 3. The summed E-state index contributed by atoms with van der Waals surface area (Å²) in [5.74, 6) is 1.04. The fourth-order valence-corrected chi connectivity index (χ4v) is 2.96. The third-order valence-corrected chi connectivity index (χ3v) is 4.20. The van der Waals surface area contributed by atoms with Gasteiger partial charge in [0.25, 0.3) is 0 Å². The molecule has 110 valence electrons. The van der Waals surface area contributed by atoms with Crippen molar-refractivity contribution in [3.63, 3.8) is 0 Å². The maximum Gasteiger partial charge on any atom is 0.128 e. The Bertz CT molecular complexity index is 591. The van der Waals surface area contributed by atoms with Crippen LogP contribution in [0.5, 0.6) is 0 Å². The van der Waals surface area contributed by atoms with Crippen molar-refractivity contribution in [1.82, 2.24) is 4.98 Å². The second kappa shape index (κ2) is 6.27. The molecule has 21 heavy (non-hydrogen) atoms. The number of hydrogen-bond acceptors (Lipinski definition) is 3. The Kier molecular flexibility index (Phi) is 4.20. The minimum absolute atomic E-state index is 0.603. The lowest BCUT2D eigenvalue weighted by Gasteiger charge is -2.28. The van der Waals surface area contributed by atoms with E-state index in [1.165, 1.54) is 19.3 Å². The van der Waals surface area contributed by atoms with Crippen molar-refractivity contribution in [3.8, 4) is 0 Å². The largest absolute Gasteiger partial charge is 0.384 e. The molecule has 0 aliphatic carbocycles. The SMILES string of the molecule is Cc1nc(N2CCCCC2)ccc1[C@H](O)c1ccccc1. The molecule has 0 amide bonds. The number of anilines is 1. The summed E-state index contributed by atoms with van der Waals surface area (Å²) >= 11 is 0. The van der Waals surface area contributed by atoms with Gasteiger partial charge >= 0.3 is 0 Å². The normalized spacial score (nSPS) is 16.8. The molecule has 0 spiro atoms. The molecule has 1 aromatic heterocycles. The van der Waals surface area contributed by atoms with Gasteiger partial charge in [-0.25, -0.2) is 4.98 Å². The number of benzene rings is 1. The van der Waals surface area contributed by atoms with Gasteiger partial charge < -0.3 is 10.0 Å². The highest BCUT2D eigenvalue weighted by Crippen LogP contribution is 2.26. The highest BCUT2D eigenvalue weighted by Gasteiger charge is 2.17. The van der Waals surface area contributed by atoms with Gasteiger partial charge in [0.05, 0.1) is 0 Å². The third kappa shape index (κ3) is 3.08. The number of nitrogens with zero attached hydrogens (tertiary/aromatic N) is 2. The molecule has 0 saturated carbocycles. The average molecular weight is 282 g/mol. The zero-order valence-corrected chi connectivity index (χ0v) is 12.5. The molecule has 1 atom stereocenters. The van der Waals surface area contributed by atoms with Gasteiger partial charge in [0.2, 0.25) is 0 Å². The van der Waals surface area contributed by atoms with Gasteiger partial charge in [0, 0.05) is 24.3 Å². The molecular weight excluding hydrogens is 260 g/mol. The molecule has 3 rings (SSSR count). The van der Waals surface area contributed by atoms with Gasteiger partial charge in [0.15, 0.2) is 0 Å². The molecular formula is C18H22N2O. The summed E-state index contributed by atoms with van der Waals surface area (Å²) in [7, 11) is 0. The van der Waals surface area contributed by atoms with Gasteiger partial charge in [-0.1, -0.05) is 36.4 Å². The summed E-state index contributed by atoms with van der Waals surface area (Å²) in [5.41, 5.74) is 2.71. The Hall–Kier alpha value is -1.87. The van der Waals surface area contributed by atoms with Crippen LogP contribution in [0.3, 0.4) is 0 Å². The van der Waals surface area contributed by atoms with Crippen molar-refractivity contribution in [3.05, 3.63) is 59.3 Å². The van der Waals surface area contributed by atoms with Crippen LogP contribution in [0.4, 0.5) is 5.82 Å². The average Bonchev–Trinajstić information content (AvgIpc) is 2.56. The van der Waals surface area contributed by atoms with E-state index in [1.807, 2.05) is 49.4 Å². The Morgan fingerprint density at radius 2 is 1.71 bits per heavy atom. The number of aromatic nitrogens is 1. The minimum Gasteiger partial charge on any atom is -0.384 e. The van der Waals surface area contributed by atoms with E-state index in [2.05, 4.69) is 4.90 Å². The lowest BCUT2D eigenvalue weighted by Crippen LogP contribution is -2.30. The molecule has 1 aliphatic rings. The number of aryl methyl sites for hydroxylation is 1. The molecule has 0 bridgehead atoms. The summed E-state index contributed by atoms with van der Waals surface area (Å²) in [6.07, 6.45) is 3.21. The topological polar surface area (TPSA) is 36.4 Å². The van der Waals surface area contributed by atoms with Gasteiger partial charge in [0.1, 0.15) is 11.9 Å². The predicted octanol–water partition coefficient (Wildman–Crippen LogP) is 3.46. The Morgan fingerprint density at radius 3 is 2.38 bits per heavy atom. The summed E-state index contributed by atoms with van der Waals surface area (Å²) in [6, 6.07) is 13.8. The van der Waals surface area contributed by atoms with E-state index in [-0.39, 0.29) is 0 Å². The lowest BCUT2D eigenvalue weighted by molar-refractivity contribution is 0.219. The quantitative estimate of drug-likeness (QED) is 0.936. The van der Waals surface area contributed by atoms with Gasteiger partial charge in [-0.2, -0.15) is 0 Å². The van der Waals surface area contributed by atoms with Gasteiger partial charge in [-0.15, -0.1) is 0 Å². The van der Waals surface area contributed by atoms with Crippen molar-refractivity contribution in [2.24, 2.45) is 0 Å². The maximum absolute atomic E-state index is 10.5. The van der Waals surface area contributed by atoms with E-state index >= 15 is 0 Å². The first kappa shape index (κ1) is 14.1. The van der Waals surface area contributed by atoms with Crippen LogP contribution in [0, 0.1) is 6.92 Å². The van der Waals surface area contributed by atoms with Crippen molar-refractivity contribution in [2.45, 2.75) is 32.3 Å². The number of hydrogen-bond donors (Lipinski definition) is 1. The van der Waals surface area contributed by atoms with Crippen LogP contribution in [0.15, 0.2) is 42.5 Å². The molecule has 0 radical (unpaired) electrons. The van der Waals surface area contributed by atoms with Crippen LogP contribution >= 0.6 is 0 Å². The van der Waals surface area contributed by atoms with E-state index in [0.717, 1.165) is 35.7 Å². The first-order valence-corrected chi connectivity index (χ1v) is 7.71. The van der Waals surface area contributed by atoms with Crippen LogP contribution in [0.25, 0.3) is 0 Å². The van der Waals surface area contributed by atoms with Crippen molar-refractivity contribution in [1.29, 1.82) is 0 Å². The Labute approximate surface area is 126 Å². The number of pyridine rings is 1. The number of aliphatic hydroxyl groups excluding tert-OH is 1. The minimum atomic E-state index is -0.603. The fraction of sp³-hybridized carbons (Fsp3) is 0.389. The first-order chi connectivity index (χ1) is 10.3. The third-order valence-electron chi connectivity index (χ3n) is 4.20. The molecule has 3 nitrogen and oxygen atoms in total. The monoisotopic (exact) mass is 282 g/mol. The van der Waals surface area contributed by atoms with Crippen LogP contribution in [0.2, 0.25) is 0 Å². The molecule has 1 aromatic carbocycles. The molecule has 2 heterocycles. The molecule has 1 N–H and O–H groups in total. The molecule has 2 aromatic rings. The Balaban J connectivity index is 1.84. The van der Waals surface area contributed by atoms with Crippen LogP contribution in [-0.2, 0) is 0 Å². The summed E-state index contributed by atoms with van der Waals surface area (Å²) < 4.78 is 0. The van der Waals surface area contributed by atoms with E-state index < -0.39 is 6.10 Å². The second-order valence-corrected chi connectivity index (χ2v) is 5.71. The van der Waals surface area contributed by atoms with Crippen LogP contribution in [0.1, 0.15) is 42.2 Å². The zero-order valence-electron chi connectivity index (χ0n) is 12.5. The highest BCUT2D eigenvalue weighted by atomic mass is 16.3. The molecule has 1 aliphatic heterocycles. The number of aliphatic hydroxyl groups is 1. The molecule has 0 unspecified atom stereocenters. The predicted molar refractivity (Wildman–Crippen MR) is 85.5 cm³/mol. The smallest absolute Gasteiger partial charge is 0.128 e. The fourth-order valence-electron chi connectivity index (χ4n) is 2.96. The van der Waals surface area contributed by atoms with E-state index in [4.69, 9.17) is 4.98 Å². The van der Waals surface area contributed by atoms with Crippen molar-refractivity contribution < 1.29 is 5.11 Å². The summed E-state index contributed by atoms with van der Waals surface area (Å²) in [6.45, 7) is 4.16. The van der Waals surface area contributed by atoms with Gasteiger partial charge in [-0.05, 0) is 37.8 Å². The van der Waals surface area contributed by atoms with E-state index in [9.17, 15) is 5.11 Å². The van der Waals surface area contributed by atoms with Gasteiger partial charge in [-0.3, -0.25) is 0 Å². The van der Waals surface area contributed by atoms with E-state index in [0.29, 0.717) is 0 Å². The van der Waals surface area contributed by atoms with Crippen molar-refractivity contribution in [2.75, 3.05) is 18.0 Å². The first-order valence-electron chi connectivity index (χ1n) is 7.71. The zero-order chi connectivity index (χ0) is 14.7. The molecule has 3 heteroatoms. The molecule has 1 saturated heterocycles. The standard InChI is InChI=1S/C18H22N2O/c1-14-16(18(21)15-8-4-2-5-9-15)10-11-17(19-14)20-12-6-3-7-13-20/h2,4-5,8-11,18,21H,3,6-7,12-13H2,1H3/t18-/m1/s1. The maximum atomic E-state index is 10.5. The number of piperidine rings is 1. The summed E-state index contributed by atoms with van der Waals surface area (Å²) in [4.78, 5) is 7.05. The van der Waals surface area contributed by atoms with Crippen LogP contribution in [-0.4, -0.2) is 23.2 Å². The highest BCUT2D eigenvalue weighted by molar-refractivity contribution is 5.44. The van der Waals surface area contributed by atoms with Crippen LogP contribution < -0.4 is 4.90 Å². The second-order valence-electron chi connectivity index (χ2n) is 5.71. The van der Waals surface area contributed by atoms with E-state index in [1.54, 1.807) is 0 Å². The lowest BCUT2D eigenvalue weighted by atomic mass is 10.0. The molecule has 1 fully saturated rings. The Morgan fingerprint density at radius 1 is 1.00 bits per heavy atom. The van der Waals surface area contributed by atoms with Crippen molar-refractivity contribution >= 4 is 5.82 Å². The summed E-state index contributed by atoms with van der Waals surface area (Å²) in [5, 5.41) is 10.5.